The largest absolute Gasteiger partial charge is 0.379 e. The summed E-state index contributed by atoms with van der Waals surface area (Å²) in [5.74, 6) is -0.692. The predicted octanol–water partition coefficient (Wildman–Crippen LogP) is 2.91. The number of rotatable bonds is 14. The number of aryl methyl sites for hydroxylation is 1. The minimum atomic E-state index is -4.08. The van der Waals surface area contributed by atoms with Crippen LogP contribution in [0.2, 0.25) is 0 Å². The molecule has 0 spiro atoms. The quantitative estimate of drug-likeness (QED) is 0.209. The molecule has 13 heteroatoms. The van der Waals surface area contributed by atoms with Gasteiger partial charge in [0.05, 0.1) is 11.5 Å². The van der Waals surface area contributed by atoms with Crippen LogP contribution >= 0.6 is 0 Å². The van der Waals surface area contributed by atoms with Crippen molar-refractivity contribution in [3.8, 4) is 5.75 Å². The van der Waals surface area contributed by atoms with E-state index in [4.69, 9.17) is 13.3 Å². The Hall–Kier alpha value is -2.19. The van der Waals surface area contributed by atoms with Gasteiger partial charge in [0, 0.05) is 24.8 Å². The monoisotopic (exact) mass is 535 g/mol. The zero-order chi connectivity index (χ0) is 25.4. The third-order valence-electron chi connectivity index (χ3n) is 4.86. The molecule has 0 aliphatic rings. The summed E-state index contributed by atoms with van der Waals surface area (Å²) >= 11 is 0. The Labute approximate surface area is 201 Å². The van der Waals surface area contributed by atoms with E-state index in [1.54, 1.807) is 24.3 Å². The molecule has 0 amide bonds. The van der Waals surface area contributed by atoms with Crippen molar-refractivity contribution in [2.45, 2.75) is 37.5 Å². The molecular weight excluding hydrogens is 506 g/mol. The van der Waals surface area contributed by atoms with Crippen LogP contribution in [-0.2, 0) is 30.4 Å². The molecule has 0 saturated heterocycles. The van der Waals surface area contributed by atoms with E-state index in [0.29, 0.717) is 31.6 Å². The van der Waals surface area contributed by atoms with Gasteiger partial charge in [-0.2, -0.15) is 25.3 Å². The maximum Gasteiger partial charge on any atom is 0.339 e. The van der Waals surface area contributed by atoms with E-state index < -0.39 is 30.4 Å². The maximum atomic E-state index is 12.6. The normalized spacial score (nSPS) is 12.4. The van der Waals surface area contributed by atoms with Gasteiger partial charge < -0.3 is 9.08 Å². The first-order chi connectivity index (χ1) is 15.8. The van der Waals surface area contributed by atoms with E-state index in [2.05, 4.69) is 0 Å². The summed E-state index contributed by atoms with van der Waals surface area (Å²) < 4.78 is 92.1. The van der Waals surface area contributed by atoms with Crippen molar-refractivity contribution in [1.82, 2.24) is 0 Å². The van der Waals surface area contributed by atoms with Gasteiger partial charge in [-0.3, -0.25) is 9.11 Å². The third-order valence-corrected chi connectivity index (χ3v) is 7.73. The van der Waals surface area contributed by atoms with Gasteiger partial charge in [0.1, 0.15) is 10.6 Å². The lowest BCUT2D eigenvalue weighted by atomic mass is 10.2. The molecule has 34 heavy (non-hydrogen) atoms. The van der Waals surface area contributed by atoms with Gasteiger partial charge in [-0.25, -0.2) is 0 Å². The first kappa shape index (κ1) is 28.1. The number of unbranched alkanes of at least 4 members (excludes halogenated alkanes) is 2. The Balaban J connectivity index is 2.14. The summed E-state index contributed by atoms with van der Waals surface area (Å²) in [6.07, 6.45) is 1.23. The first-order valence-corrected chi connectivity index (χ1v) is 15.1. The van der Waals surface area contributed by atoms with E-state index in [1.807, 2.05) is 11.8 Å². The standard InChI is InChI=1S/C21H29NO9S3/c1-18-9-11-21(12-10-18)34(29,30)31-20-8-6-7-19(17-20)22(13-2-4-15-32(23,24)25)14-3-5-16-33(26,27)28/h6-12,17H,2-5,13-16H2,1H3,(H,23,24,25)(H,26,27,28). The van der Waals surface area contributed by atoms with E-state index >= 15 is 0 Å². The molecule has 2 N–H and O–H groups in total. The van der Waals surface area contributed by atoms with Crippen LogP contribution in [0.5, 0.6) is 5.75 Å². The minimum absolute atomic E-state index is 0.00999. The fourth-order valence-electron chi connectivity index (χ4n) is 3.16. The van der Waals surface area contributed by atoms with Gasteiger partial charge in [-0.05, 0) is 56.9 Å². The van der Waals surface area contributed by atoms with Crippen LogP contribution in [0.4, 0.5) is 5.69 Å². The lowest BCUT2D eigenvalue weighted by Crippen LogP contribution is -2.26. The van der Waals surface area contributed by atoms with Gasteiger partial charge in [0.2, 0.25) is 0 Å². The van der Waals surface area contributed by atoms with Crippen molar-refractivity contribution in [3.63, 3.8) is 0 Å². The number of nitrogens with zero attached hydrogens (tertiary/aromatic N) is 1. The van der Waals surface area contributed by atoms with Gasteiger partial charge in [0.25, 0.3) is 20.2 Å². The number of anilines is 1. The molecule has 0 fully saturated rings. The van der Waals surface area contributed by atoms with Crippen molar-refractivity contribution in [3.05, 3.63) is 54.1 Å². The lowest BCUT2D eigenvalue weighted by Gasteiger charge is -2.25. The zero-order valence-electron chi connectivity index (χ0n) is 18.7. The molecule has 2 aromatic rings. The van der Waals surface area contributed by atoms with Crippen LogP contribution in [0, 0.1) is 6.92 Å². The Morgan fingerprint density at radius 1 is 0.765 bits per heavy atom. The Morgan fingerprint density at radius 3 is 1.79 bits per heavy atom. The molecule has 0 bridgehead atoms. The summed E-state index contributed by atoms with van der Waals surface area (Å²) in [6.45, 7) is 2.58. The summed E-state index contributed by atoms with van der Waals surface area (Å²) in [6, 6.07) is 12.6. The lowest BCUT2D eigenvalue weighted by molar-refractivity contribution is 0.478. The molecule has 0 radical (unpaired) electrons. The maximum absolute atomic E-state index is 12.6. The molecule has 0 heterocycles. The molecule has 2 rings (SSSR count). The van der Waals surface area contributed by atoms with E-state index in [-0.39, 0.29) is 35.0 Å². The molecule has 0 saturated carbocycles. The van der Waals surface area contributed by atoms with Crippen LogP contribution in [0.25, 0.3) is 0 Å². The van der Waals surface area contributed by atoms with E-state index in [1.165, 1.54) is 24.3 Å². The second-order valence-corrected chi connectivity index (χ2v) is 12.5. The molecule has 0 aliphatic carbocycles. The highest BCUT2D eigenvalue weighted by Crippen LogP contribution is 2.25. The van der Waals surface area contributed by atoms with Crippen molar-refractivity contribution in [2.24, 2.45) is 0 Å². The number of hydrogen-bond acceptors (Lipinski definition) is 8. The highest BCUT2D eigenvalue weighted by Gasteiger charge is 2.17. The summed E-state index contributed by atoms with van der Waals surface area (Å²) in [5.41, 5.74) is 1.50. The molecule has 0 aromatic heterocycles. The number of benzene rings is 2. The molecule has 2 aromatic carbocycles. The highest BCUT2D eigenvalue weighted by molar-refractivity contribution is 7.87. The van der Waals surface area contributed by atoms with Crippen LogP contribution < -0.4 is 9.08 Å². The summed E-state index contributed by atoms with van der Waals surface area (Å²) in [7, 11) is -12.2. The highest BCUT2D eigenvalue weighted by atomic mass is 32.2. The van der Waals surface area contributed by atoms with Crippen LogP contribution in [-0.4, -0.2) is 59.0 Å². The van der Waals surface area contributed by atoms with Gasteiger partial charge >= 0.3 is 10.1 Å². The van der Waals surface area contributed by atoms with Gasteiger partial charge in [0.15, 0.2) is 0 Å². The molecule has 0 atom stereocenters. The van der Waals surface area contributed by atoms with Crippen molar-refractivity contribution < 1.29 is 38.5 Å². The molecular formula is C21H29NO9S3. The zero-order valence-corrected chi connectivity index (χ0v) is 21.1. The first-order valence-electron chi connectivity index (χ1n) is 10.5. The second kappa shape index (κ2) is 12.0. The summed E-state index contributed by atoms with van der Waals surface area (Å²) in [4.78, 5) is 1.84. The predicted molar refractivity (Wildman–Crippen MR) is 129 cm³/mol. The fourth-order valence-corrected chi connectivity index (χ4v) is 5.22. The van der Waals surface area contributed by atoms with Crippen LogP contribution in [0.1, 0.15) is 31.2 Å². The van der Waals surface area contributed by atoms with Crippen molar-refractivity contribution >= 4 is 36.0 Å². The SMILES string of the molecule is Cc1ccc(S(=O)(=O)Oc2cccc(N(CCCCS(=O)(=O)O)CCCCS(=O)(=O)O)c2)cc1. The Bertz CT molecular complexity index is 1220. The molecule has 0 unspecified atom stereocenters. The van der Waals surface area contributed by atoms with Crippen LogP contribution in [0.3, 0.4) is 0 Å². The molecule has 190 valence electrons. The van der Waals surface area contributed by atoms with Crippen LogP contribution in [0.15, 0.2) is 53.4 Å². The van der Waals surface area contributed by atoms with E-state index in [9.17, 15) is 25.3 Å². The van der Waals surface area contributed by atoms with E-state index in [0.717, 1.165) is 5.56 Å². The summed E-state index contributed by atoms with van der Waals surface area (Å²) in [5, 5.41) is 0. The fraction of sp³-hybridized carbons (Fsp3) is 0.429. The molecule has 10 nitrogen and oxygen atoms in total. The average molecular weight is 536 g/mol. The van der Waals surface area contributed by atoms with Crippen molar-refractivity contribution in [2.75, 3.05) is 29.5 Å². The second-order valence-electron chi connectivity index (χ2n) is 7.82. The van der Waals surface area contributed by atoms with Gasteiger partial charge in [-0.15, -0.1) is 0 Å². The third kappa shape index (κ3) is 10.4. The minimum Gasteiger partial charge on any atom is -0.379 e. The topological polar surface area (TPSA) is 155 Å². The smallest absolute Gasteiger partial charge is 0.339 e. The molecule has 0 aliphatic heterocycles. The van der Waals surface area contributed by atoms with Gasteiger partial charge in [-0.1, -0.05) is 23.8 Å². The number of hydrogen-bond donors (Lipinski definition) is 2. The van der Waals surface area contributed by atoms with Crippen molar-refractivity contribution in [1.29, 1.82) is 0 Å². The Kier molecular flexibility index (Phi) is 9.88. The Morgan fingerprint density at radius 2 is 1.29 bits per heavy atom. The average Bonchev–Trinajstić information content (AvgIpc) is 2.71.